The lowest BCUT2D eigenvalue weighted by molar-refractivity contribution is 0.182. The zero-order valence-electron chi connectivity index (χ0n) is 25.0. The first-order valence-electron chi connectivity index (χ1n) is 14.9. The van der Waals surface area contributed by atoms with Crippen LogP contribution in [0.4, 0.5) is 11.5 Å². The van der Waals surface area contributed by atoms with Gasteiger partial charge in [0.1, 0.15) is 5.82 Å². The summed E-state index contributed by atoms with van der Waals surface area (Å²) in [5, 5.41) is 8.59. The molecule has 1 aliphatic carbocycles. The van der Waals surface area contributed by atoms with Gasteiger partial charge in [-0.15, -0.1) is 0 Å². The summed E-state index contributed by atoms with van der Waals surface area (Å²) in [5.41, 5.74) is 6.42. The summed E-state index contributed by atoms with van der Waals surface area (Å²) in [5.74, 6) is 0.881. The van der Waals surface area contributed by atoms with E-state index in [2.05, 4.69) is 68.4 Å². The van der Waals surface area contributed by atoms with Crippen molar-refractivity contribution >= 4 is 32.6 Å². The number of aromatic amines is 1. The Kier molecular flexibility index (Phi) is 6.64. The third-order valence-corrected chi connectivity index (χ3v) is 10.7. The molecule has 1 spiro atoms. The number of ether oxygens (including phenoxy) is 1. The molecule has 3 aliphatic heterocycles. The van der Waals surface area contributed by atoms with E-state index in [9.17, 15) is 8.42 Å². The molecule has 0 bridgehead atoms. The fraction of sp³-hybridized carbons (Fsp3) is 0.621. The standard InChI is InChI=1S/C29H41N9O3S/c1-19-12-23-22(13-30-34-23)25(20(19)2)37-11-6-21-24(14-37)32-27(41-18-28(8-9-28)16-36(3)4)33-26(21)38-10-5-7-29(17-38)15-31-42(39,40)35-29/h12-13,31,35H,5-11,14-18H2,1-4H3,(H,30,34). The molecule has 42 heavy (non-hydrogen) atoms. The Labute approximate surface area is 247 Å². The van der Waals surface area contributed by atoms with Crippen LogP contribution in [0.1, 0.15) is 48.1 Å². The monoisotopic (exact) mass is 595 g/mol. The molecule has 5 heterocycles. The highest BCUT2D eigenvalue weighted by Crippen LogP contribution is 2.46. The molecule has 3 N–H and O–H groups in total. The van der Waals surface area contributed by atoms with Crippen LogP contribution in [0.25, 0.3) is 10.9 Å². The van der Waals surface area contributed by atoms with Crippen LogP contribution in [0.5, 0.6) is 6.01 Å². The molecule has 0 radical (unpaired) electrons. The molecule has 1 unspecified atom stereocenters. The number of anilines is 2. The summed E-state index contributed by atoms with van der Waals surface area (Å²) in [6, 6.07) is 2.57. The number of rotatable bonds is 7. The largest absolute Gasteiger partial charge is 0.463 e. The predicted octanol–water partition coefficient (Wildman–Crippen LogP) is 2.03. The maximum absolute atomic E-state index is 12.3. The molecular weight excluding hydrogens is 554 g/mol. The molecule has 1 saturated carbocycles. The van der Waals surface area contributed by atoms with Crippen LogP contribution in [0.3, 0.4) is 0 Å². The molecule has 3 aromatic rings. The number of hydrogen-bond acceptors (Lipinski definition) is 9. The fourth-order valence-electron chi connectivity index (χ4n) is 7.17. The van der Waals surface area contributed by atoms with Crippen molar-refractivity contribution in [3.8, 4) is 6.01 Å². The Hall–Kier alpha value is -3.00. The van der Waals surface area contributed by atoms with E-state index in [1.54, 1.807) is 0 Å². The van der Waals surface area contributed by atoms with Gasteiger partial charge in [-0.3, -0.25) is 5.10 Å². The van der Waals surface area contributed by atoms with Crippen LogP contribution in [-0.2, 0) is 23.2 Å². The van der Waals surface area contributed by atoms with Crippen molar-refractivity contribution in [2.75, 3.05) is 63.2 Å². The van der Waals surface area contributed by atoms with Crippen molar-refractivity contribution in [2.45, 2.75) is 58.0 Å². The summed E-state index contributed by atoms with van der Waals surface area (Å²) >= 11 is 0. The lowest BCUT2D eigenvalue weighted by Gasteiger charge is -2.41. The number of piperidine rings is 1. The van der Waals surface area contributed by atoms with Gasteiger partial charge >= 0.3 is 6.01 Å². The van der Waals surface area contributed by atoms with Crippen molar-refractivity contribution in [3.63, 3.8) is 0 Å². The second-order valence-electron chi connectivity index (χ2n) is 13.2. The number of H-pyrrole nitrogens is 1. The average molecular weight is 596 g/mol. The van der Waals surface area contributed by atoms with Crippen LogP contribution in [0.2, 0.25) is 0 Å². The summed E-state index contributed by atoms with van der Waals surface area (Å²) < 4.78 is 36.5. The highest BCUT2D eigenvalue weighted by Gasteiger charge is 2.46. The average Bonchev–Trinajstić information content (AvgIpc) is 3.43. The van der Waals surface area contributed by atoms with Gasteiger partial charge in [-0.25, -0.2) is 4.72 Å². The van der Waals surface area contributed by atoms with Crippen LogP contribution >= 0.6 is 0 Å². The third kappa shape index (κ3) is 5.10. The first-order chi connectivity index (χ1) is 20.0. The summed E-state index contributed by atoms with van der Waals surface area (Å²) in [7, 11) is 0.729. The smallest absolute Gasteiger partial charge is 0.318 e. The fourth-order valence-corrected chi connectivity index (χ4v) is 8.51. The van der Waals surface area contributed by atoms with Gasteiger partial charge in [0.05, 0.1) is 41.8 Å². The highest BCUT2D eigenvalue weighted by molar-refractivity contribution is 7.87. The second-order valence-corrected chi connectivity index (χ2v) is 14.7. The van der Waals surface area contributed by atoms with Gasteiger partial charge in [0, 0.05) is 49.1 Å². The Bertz CT molecular complexity index is 1630. The number of aromatic nitrogens is 4. The predicted molar refractivity (Wildman–Crippen MR) is 162 cm³/mol. The number of nitrogens with zero attached hydrogens (tertiary/aromatic N) is 6. The summed E-state index contributed by atoms with van der Waals surface area (Å²) in [6.07, 6.45) is 6.66. The van der Waals surface area contributed by atoms with Crippen molar-refractivity contribution in [1.29, 1.82) is 0 Å². The zero-order valence-corrected chi connectivity index (χ0v) is 25.8. The van der Waals surface area contributed by atoms with Crippen LogP contribution in [0.15, 0.2) is 12.3 Å². The van der Waals surface area contributed by atoms with Crippen LogP contribution in [0, 0.1) is 19.3 Å². The van der Waals surface area contributed by atoms with E-state index in [1.807, 2.05) is 6.20 Å². The quantitative estimate of drug-likeness (QED) is 0.376. The molecular formula is C29H41N9O3S. The molecule has 12 nitrogen and oxygen atoms in total. The number of aryl methyl sites for hydroxylation is 1. The maximum atomic E-state index is 12.3. The van der Waals surface area contributed by atoms with Gasteiger partial charge in [-0.2, -0.15) is 28.2 Å². The minimum absolute atomic E-state index is 0.156. The van der Waals surface area contributed by atoms with E-state index in [-0.39, 0.29) is 5.41 Å². The van der Waals surface area contributed by atoms with E-state index in [1.165, 1.54) is 16.8 Å². The van der Waals surface area contributed by atoms with E-state index < -0.39 is 15.7 Å². The second kappa shape index (κ2) is 10.0. The van der Waals surface area contributed by atoms with Gasteiger partial charge in [0.2, 0.25) is 0 Å². The number of nitrogens with one attached hydrogen (secondary N) is 3. The molecule has 2 saturated heterocycles. The molecule has 13 heteroatoms. The SMILES string of the molecule is Cc1cc2[nH]ncc2c(N2CCc3c(nc(OCC4(CN(C)C)CC4)nc3N3CCCC4(CNS(=O)(=O)N4)C3)C2)c1C. The Morgan fingerprint density at radius 1 is 1.12 bits per heavy atom. The number of hydrogen-bond donors (Lipinski definition) is 3. The van der Waals surface area contributed by atoms with Gasteiger partial charge in [-0.05, 0) is 77.2 Å². The molecule has 2 aromatic heterocycles. The molecule has 1 aromatic carbocycles. The normalized spacial score (nSPS) is 24.5. The zero-order chi connectivity index (χ0) is 29.3. The van der Waals surface area contributed by atoms with Gasteiger partial charge in [0.25, 0.3) is 10.2 Å². The number of fused-ring (bicyclic) bond motifs is 2. The number of benzene rings is 1. The van der Waals surface area contributed by atoms with Crippen molar-refractivity contribution in [3.05, 3.63) is 34.6 Å². The Balaban J connectivity index is 1.24. The first kappa shape index (κ1) is 27.8. The first-order valence-corrected chi connectivity index (χ1v) is 16.4. The highest BCUT2D eigenvalue weighted by atomic mass is 32.2. The molecule has 7 rings (SSSR count). The lowest BCUT2D eigenvalue weighted by Crippen LogP contribution is -2.56. The Morgan fingerprint density at radius 2 is 1.95 bits per heavy atom. The minimum atomic E-state index is -3.47. The molecule has 226 valence electrons. The van der Waals surface area contributed by atoms with E-state index >= 15 is 0 Å². The van der Waals surface area contributed by atoms with Crippen LogP contribution < -0.4 is 24.0 Å². The molecule has 3 fully saturated rings. The molecule has 0 amide bonds. The van der Waals surface area contributed by atoms with Gasteiger partial charge in [-0.1, -0.05) is 0 Å². The molecule has 4 aliphatic rings. The van der Waals surface area contributed by atoms with Crippen LogP contribution in [-0.4, -0.2) is 92.4 Å². The topological polar surface area (TPSA) is 132 Å². The van der Waals surface area contributed by atoms with Gasteiger partial charge < -0.3 is 19.4 Å². The molecule has 1 atom stereocenters. The summed E-state index contributed by atoms with van der Waals surface area (Å²) in [6.45, 7) is 9.11. The third-order valence-electron chi connectivity index (χ3n) is 9.51. The van der Waals surface area contributed by atoms with E-state index in [0.29, 0.717) is 32.3 Å². The van der Waals surface area contributed by atoms with Crippen molar-refractivity contribution < 1.29 is 13.2 Å². The van der Waals surface area contributed by atoms with E-state index in [4.69, 9.17) is 14.7 Å². The van der Waals surface area contributed by atoms with E-state index in [0.717, 1.165) is 79.7 Å². The Morgan fingerprint density at radius 3 is 2.69 bits per heavy atom. The minimum Gasteiger partial charge on any atom is -0.463 e. The van der Waals surface area contributed by atoms with Crippen molar-refractivity contribution in [2.24, 2.45) is 5.41 Å². The van der Waals surface area contributed by atoms with Gasteiger partial charge in [0.15, 0.2) is 0 Å². The van der Waals surface area contributed by atoms with Crippen molar-refractivity contribution in [1.82, 2.24) is 34.5 Å². The lowest BCUT2D eigenvalue weighted by atomic mass is 9.89. The summed E-state index contributed by atoms with van der Waals surface area (Å²) in [4.78, 5) is 16.9. The maximum Gasteiger partial charge on any atom is 0.318 e.